The van der Waals surface area contributed by atoms with Crippen molar-refractivity contribution < 1.29 is 13.9 Å². The topological polar surface area (TPSA) is 26.3 Å². The predicted octanol–water partition coefficient (Wildman–Crippen LogP) is 3.09. The Bertz CT molecular complexity index is 397. The summed E-state index contributed by atoms with van der Waals surface area (Å²) in [6.07, 6.45) is 0.330. The number of ketones is 1. The third-order valence-corrected chi connectivity index (χ3v) is 2.60. The third kappa shape index (κ3) is 2.81. The van der Waals surface area contributed by atoms with Crippen LogP contribution in [0.1, 0.15) is 32.8 Å². The summed E-state index contributed by atoms with van der Waals surface area (Å²) < 4.78 is 18.7. The highest BCUT2D eigenvalue weighted by Gasteiger charge is 2.25. The highest BCUT2D eigenvalue weighted by Crippen LogP contribution is 2.31. The molecule has 0 saturated carbocycles. The number of benzene rings is 1. The Morgan fingerprint density at radius 2 is 2.06 bits per heavy atom. The summed E-state index contributed by atoms with van der Waals surface area (Å²) in [5, 5.41) is 0. The molecule has 16 heavy (non-hydrogen) atoms. The van der Waals surface area contributed by atoms with Gasteiger partial charge in [-0.05, 0) is 24.0 Å². The average Bonchev–Trinajstić information content (AvgIpc) is 2.14. The zero-order valence-electron chi connectivity index (χ0n) is 10.1. The lowest BCUT2D eigenvalue weighted by Gasteiger charge is -2.24. The van der Waals surface area contributed by atoms with Gasteiger partial charge < -0.3 is 4.74 Å². The van der Waals surface area contributed by atoms with Crippen LogP contribution in [0.2, 0.25) is 0 Å². The number of ether oxygens (including phenoxy) is 1. The Hall–Kier alpha value is -1.38. The molecule has 0 aliphatic rings. The molecule has 0 N–H and O–H groups in total. The lowest BCUT2D eigenvalue weighted by Crippen LogP contribution is -2.22. The van der Waals surface area contributed by atoms with Crippen molar-refractivity contribution in [3.8, 4) is 5.75 Å². The van der Waals surface area contributed by atoms with Crippen LogP contribution in [0.5, 0.6) is 5.75 Å². The van der Waals surface area contributed by atoms with Crippen molar-refractivity contribution in [3.63, 3.8) is 0 Å². The Morgan fingerprint density at radius 1 is 1.44 bits per heavy atom. The van der Waals surface area contributed by atoms with Crippen LogP contribution in [0.25, 0.3) is 0 Å². The maximum atomic E-state index is 13.8. The Morgan fingerprint density at radius 3 is 2.50 bits per heavy atom. The van der Waals surface area contributed by atoms with Gasteiger partial charge in [0.05, 0.1) is 7.11 Å². The zero-order chi connectivity index (χ0) is 12.3. The maximum absolute atomic E-state index is 13.8. The first-order valence-electron chi connectivity index (χ1n) is 5.20. The average molecular weight is 224 g/mol. The van der Waals surface area contributed by atoms with Crippen LogP contribution in [0, 0.1) is 5.82 Å². The van der Waals surface area contributed by atoms with Gasteiger partial charge in [-0.15, -0.1) is 0 Å². The summed E-state index contributed by atoms with van der Waals surface area (Å²) in [7, 11) is 1.50. The van der Waals surface area contributed by atoms with Crippen LogP contribution in [0.15, 0.2) is 18.2 Å². The van der Waals surface area contributed by atoms with E-state index in [1.807, 2.05) is 13.8 Å². The molecule has 2 nitrogen and oxygen atoms in total. The summed E-state index contributed by atoms with van der Waals surface area (Å²) in [6, 6.07) is 4.73. The summed E-state index contributed by atoms with van der Waals surface area (Å²) >= 11 is 0. The van der Waals surface area contributed by atoms with Crippen LogP contribution < -0.4 is 4.74 Å². The Labute approximate surface area is 95.4 Å². The third-order valence-electron chi connectivity index (χ3n) is 2.60. The second kappa shape index (κ2) is 4.64. The fourth-order valence-corrected chi connectivity index (χ4v) is 1.89. The van der Waals surface area contributed by atoms with Crippen molar-refractivity contribution in [1.29, 1.82) is 0 Å². The molecule has 88 valence electrons. The Kier molecular flexibility index (Phi) is 3.68. The van der Waals surface area contributed by atoms with Crippen LogP contribution in [0.3, 0.4) is 0 Å². The van der Waals surface area contributed by atoms with Crippen molar-refractivity contribution in [1.82, 2.24) is 0 Å². The fourth-order valence-electron chi connectivity index (χ4n) is 1.89. The molecular weight excluding hydrogens is 207 g/mol. The minimum atomic E-state index is -0.484. The highest BCUT2D eigenvalue weighted by atomic mass is 19.1. The molecule has 0 radical (unpaired) electrons. The lowest BCUT2D eigenvalue weighted by atomic mass is 9.80. The second-order valence-electron chi connectivity index (χ2n) is 4.61. The van der Waals surface area contributed by atoms with E-state index in [0.29, 0.717) is 17.7 Å². The van der Waals surface area contributed by atoms with Gasteiger partial charge in [0.1, 0.15) is 17.3 Å². The van der Waals surface area contributed by atoms with E-state index in [-0.39, 0.29) is 11.6 Å². The summed E-state index contributed by atoms with van der Waals surface area (Å²) in [5.74, 6) is 0.214. The summed E-state index contributed by atoms with van der Waals surface area (Å²) in [5.41, 5.74) is 0.0610. The van der Waals surface area contributed by atoms with Gasteiger partial charge in [-0.2, -0.15) is 0 Å². The van der Waals surface area contributed by atoms with E-state index in [4.69, 9.17) is 4.74 Å². The SMILES string of the molecule is COc1ccc(C(C)(C)CC(C)=O)c(F)c1. The van der Waals surface area contributed by atoms with Gasteiger partial charge in [0.2, 0.25) is 0 Å². The molecule has 0 atom stereocenters. The van der Waals surface area contributed by atoms with Crippen molar-refractivity contribution in [2.75, 3.05) is 7.11 Å². The summed E-state index contributed by atoms with van der Waals surface area (Å²) in [6.45, 7) is 5.24. The fraction of sp³-hybridized carbons (Fsp3) is 0.462. The van der Waals surface area contributed by atoms with E-state index < -0.39 is 5.41 Å². The maximum Gasteiger partial charge on any atom is 0.130 e. The van der Waals surface area contributed by atoms with E-state index in [0.717, 1.165) is 0 Å². The predicted molar refractivity (Wildman–Crippen MR) is 61.3 cm³/mol. The molecule has 0 unspecified atom stereocenters. The van der Waals surface area contributed by atoms with Crippen molar-refractivity contribution in [2.24, 2.45) is 0 Å². The first kappa shape index (κ1) is 12.7. The molecule has 0 aliphatic carbocycles. The van der Waals surface area contributed by atoms with Gasteiger partial charge in [0, 0.05) is 12.5 Å². The zero-order valence-corrected chi connectivity index (χ0v) is 10.1. The molecule has 0 saturated heterocycles. The van der Waals surface area contributed by atoms with Crippen molar-refractivity contribution in [3.05, 3.63) is 29.6 Å². The molecule has 0 aliphatic heterocycles. The van der Waals surface area contributed by atoms with E-state index >= 15 is 0 Å². The first-order valence-corrected chi connectivity index (χ1v) is 5.20. The molecule has 3 heteroatoms. The number of hydrogen-bond acceptors (Lipinski definition) is 2. The Balaban J connectivity index is 3.08. The van der Waals surface area contributed by atoms with Crippen LogP contribution in [-0.2, 0) is 10.2 Å². The van der Waals surface area contributed by atoms with Gasteiger partial charge in [-0.3, -0.25) is 4.79 Å². The number of methoxy groups -OCH3 is 1. The standard InChI is InChI=1S/C13H17FO2/c1-9(15)8-13(2,3)11-6-5-10(16-4)7-12(11)14/h5-7H,8H2,1-4H3. The number of Topliss-reactive ketones (excluding diaryl/α,β-unsaturated/α-hetero) is 1. The van der Waals surface area contributed by atoms with Gasteiger partial charge in [-0.1, -0.05) is 19.9 Å². The van der Waals surface area contributed by atoms with Crippen LogP contribution >= 0.6 is 0 Å². The largest absolute Gasteiger partial charge is 0.497 e. The molecule has 0 amide bonds. The number of rotatable bonds is 4. The highest BCUT2D eigenvalue weighted by molar-refractivity contribution is 5.77. The monoisotopic (exact) mass is 224 g/mol. The van der Waals surface area contributed by atoms with Gasteiger partial charge in [0.15, 0.2) is 0 Å². The molecule has 0 aromatic heterocycles. The van der Waals surface area contributed by atoms with Gasteiger partial charge in [0.25, 0.3) is 0 Å². The van der Waals surface area contributed by atoms with Crippen LogP contribution in [0.4, 0.5) is 4.39 Å². The molecule has 1 rings (SSSR count). The number of halogens is 1. The van der Waals surface area contributed by atoms with Gasteiger partial charge >= 0.3 is 0 Å². The van der Waals surface area contributed by atoms with Crippen molar-refractivity contribution in [2.45, 2.75) is 32.6 Å². The molecule has 0 bridgehead atoms. The smallest absolute Gasteiger partial charge is 0.130 e. The quantitative estimate of drug-likeness (QED) is 0.785. The summed E-state index contributed by atoms with van der Waals surface area (Å²) in [4.78, 5) is 11.1. The van der Waals surface area contributed by atoms with E-state index in [2.05, 4.69) is 0 Å². The minimum Gasteiger partial charge on any atom is -0.497 e. The number of hydrogen-bond donors (Lipinski definition) is 0. The minimum absolute atomic E-state index is 0.0558. The lowest BCUT2D eigenvalue weighted by molar-refractivity contribution is -0.118. The van der Waals surface area contributed by atoms with Crippen molar-refractivity contribution >= 4 is 5.78 Å². The molecule has 0 heterocycles. The van der Waals surface area contributed by atoms with E-state index in [9.17, 15) is 9.18 Å². The number of carbonyl (C=O) groups excluding carboxylic acids is 1. The van der Waals surface area contributed by atoms with E-state index in [1.165, 1.54) is 20.1 Å². The molecule has 0 spiro atoms. The van der Waals surface area contributed by atoms with Gasteiger partial charge in [-0.25, -0.2) is 4.39 Å². The molecular formula is C13H17FO2. The second-order valence-corrected chi connectivity index (χ2v) is 4.61. The first-order chi connectivity index (χ1) is 7.36. The molecule has 1 aromatic rings. The van der Waals surface area contributed by atoms with Crippen LogP contribution in [-0.4, -0.2) is 12.9 Å². The molecule has 0 fully saturated rings. The molecule has 1 aromatic carbocycles. The van der Waals surface area contributed by atoms with E-state index in [1.54, 1.807) is 12.1 Å². The number of carbonyl (C=O) groups is 1. The normalized spacial score (nSPS) is 11.3.